The summed E-state index contributed by atoms with van der Waals surface area (Å²) in [5.41, 5.74) is 5.75. The van der Waals surface area contributed by atoms with Crippen molar-refractivity contribution in [2.24, 2.45) is 5.73 Å². The summed E-state index contributed by atoms with van der Waals surface area (Å²) in [4.78, 5) is 0. The van der Waals surface area contributed by atoms with Crippen molar-refractivity contribution in [1.82, 2.24) is 0 Å². The maximum absolute atomic E-state index is 14.2. The maximum Gasteiger partial charge on any atom is 0.197 e. The molecule has 5 heteroatoms. The van der Waals surface area contributed by atoms with Crippen LogP contribution in [-0.2, 0) is 5.54 Å². The quantitative estimate of drug-likeness (QED) is 0.918. The monoisotopic (exact) mass is 271 g/mol. The molecule has 2 N–H and O–H groups in total. The van der Waals surface area contributed by atoms with Gasteiger partial charge in [0.15, 0.2) is 17.3 Å². The first-order valence-electron chi connectivity index (χ1n) is 6.43. The second-order valence-electron chi connectivity index (χ2n) is 5.00. The zero-order valence-electron chi connectivity index (χ0n) is 11.3. The third kappa shape index (κ3) is 2.39. The molecule has 0 saturated heterocycles. The van der Waals surface area contributed by atoms with E-state index >= 15 is 0 Å². The number of methoxy groups -OCH3 is 2. The van der Waals surface area contributed by atoms with E-state index in [0.717, 1.165) is 25.3 Å². The van der Waals surface area contributed by atoms with Crippen LogP contribution in [-0.4, -0.2) is 14.2 Å². The average Bonchev–Trinajstić information content (AvgIpc) is 2.38. The van der Waals surface area contributed by atoms with Crippen LogP contribution in [0.15, 0.2) is 6.07 Å². The van der Waals surface area contributed by atoms with Gasteiger partial charge in [0.1, 0.15) is 5.82 Å². The topological polar surface area (TPSA) is 44.5 Å². The molecule has 1 aromatic rings. The molecule has 0 aliphatic heterocycles. The van der Waals surface area contributed by atoms with Crippen LogP contribution in [0.1, 0.15) is 37.7 Å². The van der Waals surface area contributed by atoms with Gasteiger partial charge in [-0.2, -0.15) is 0 Å². The molecule has 2 rings (SSSR count). The Hall–Kier alpha value is -1.36. The predicted molar refractivity (Wildman–Crippen MR) is 68.4 cm³/mol. The van der Waals surface area contributed by atoms with E-state index in [2.05, 4.69) is 0 Å². The molecular formula is C14H19F2NO2. The summed E-state index contributed by atoms with van der Waals surface area (Å²) in [5.74, 6) is -1.46. The van der Waals surface area contributed by atoms with Gasteiger partial charge >= 0.3 is 0 Å². The fourth-order valence-electron chi connectivity index (χ4n) is 2.86. The van der Waals surface area contributed by atoms with Crippen molar-refractivity contribution in [3.05, 3.63) is 23.3 Å². The SMILES string of the molecule is COc1c(F)cc(F)c(C2(N)CCCCC2)c1OC. The Balaban J connectivity index is 2.61. The Morgan fingerprint density at radius 3 is 2.11 bits per heavy atom. The van der Waals surface area contributed by atoms with Gasteiger partial charge in [-0.1, -0.05) is 19.3 Å². The molecule has 0 bridgehead atoms. The third-order valence-corrected chi connectivity index (χ3v) is 3.79. The van der Waals surface area contributed by atoms with E-state index in [1.165, 1.54) is 14.2 Å². The minimum atomic E-state index is -0.811. The first-order chi connectivity index (χ1) is 9.03. The molecule has 0 amide bonds. The fourth-order valence-corrected chi connectivity index (χ4v) is 2.86. The molecule has 0 atom stereocenters. The lowest BCUT2D eigenvalue weighted by Gasteiger charge is -2.35. The Bertz CT molecular complexity index is 471. The summed E-state index contributed by atoms with van der Waals surface area (Å²) >= 11 is 0. The number of rotatable bonds is 3. The number of hydrogen-bond acceptors (Lipinski definition) is 3. The number of benzene rings is 1. The zero-order valence-corrected chi connectivity index (χ0v) is 11.3. The van der Waals surface area contributed by atoms with E-state index in [0.29, 0.717) is 12.8 Å². The largest absolute Gasteiger partial charge is 0.492 e. The van der Waals surface area contributed by atoms with Crippen molar-refractivity contribution in [2.45, 2.75) is 37.6 Å². The van der Waals surface area contributed by atoms with Gasteiger partial charge in [0.2, 0.25) is 0 Å². The van der Waals surface area contributed by atoms with Gasteiger partial charge in [-0.05, 0) is 12.8 Å². The molecule has 1 aromatic carbocycles. The van der Waals surface area contributed by atoms with Gasteiger partial charge in [-0.15, -0.1) is 0 Å². The van der Waals surface area contributed by atoms with E-state index in [-0.39, 0.29) is 17.1 Å². The van der Waals surface area contributed by atoms with Crippen LogP contribution >= 0.6 is 0 Å². The second-order valence-corrected chi connectivity index (χ2v) is 5.00. The van der Waals surface area contributed by atoms with Gasteiger partial charge in [0.25, 0.3) is 0 Å². The summed E-state index contributed by atoms with van der Waals surface area (Å²) in [6, 6.07) is 0.819. The molecule has 3 nitrogen and oxygen atoms in total. The van der Waals surface area contributed by atoms with Crippen LogP contribution in [0.25, 0.3) is 0 Å². The molecule has 0 spiro atoms. The molecule has 1 aliphatic carbocycles. The minimum Gasteiger partial charge on any atom is -0.492 e. The molecule has 0 aromatic heterocycles. The standard InChI is InChI=1S/C14H19F2NO2/c1-18-12-10(16)8-9(15)11(13(12)19-2)14(17)6-4-3-5-7-14/h8H,3-7,17H2,1-2H3. The maximum atomic E-state index is 14.2. The summed E-state index contributed by atoms with van der Waals surface area (Å²) in [6.07, 6.45) is 4.27. The Labute approximate surface area is 111 Å². The van der Waals surface area contributed by atoms with E-state index in [9.17, 15) is 8.78 Å². The second kappa shape index (κ2) is 5.33. The van der Waals surface area contributed by atoms with E-state index in [1.807, 2.05) is 0 Å². The van der Waals surface area contributed by atoms with Crippen LogP contribution in [0, 0.1) is 11.6 Å². The fraction of sp³-hybridized carbons (Fsp3) is 0.571. The number of ether oxygens (including phenoxy) is 2. The Kier molecular flexibility index (Phi) is 3.94. The predicted octanol–water partition coefficient (Wildman–Crippen LogP) is 3.10. The van der Waals surface area contributed by atoms with Crippen molar-refractivity contribution >= 4 is 0 Å². The third-order valence-electron chi connectivity index (χ3n) is 3.79. The lowest BCUT2D eigenvalue weighted by Crippen LogP contribution is -2.40. The highest BCUT2D eigenvalue weighted by Gasteiger charge is 2.37. The smallest absolute Gasteiger partial charge is 0.197 e. The lowest BCUT2D eigenvalue weighted by molar-refractivity contribution is 0.268. The molecule has 1 saturated carbocycles. The van der Waals surface area contributed by atoms with Crippen LogP contribution in [0.4, 0.5) is 8.78 Å². The molecule has 106 valence electrons. The van der Waals surface area contributed by atoms with Crippen molar-refractivity contribution in [2.75, 3.05) is 14.2 Å². The van der Waals surface area contributed by atoms with Crippen molar-refractivity contribution in [1.29, 1.82) is 0 Å². The minimum absolute atomic E-state index is 0.0735. The average molecular weight is 271 g/mol. The molecule has 19 heavy (non-hydrogen) atoms. The van der Waals surface area contributed by atoms with Gasteiger partial charge in [-0.25, -0.2) is 8.78 Å². The zero-order chi connectivity index (χ0) is 14.0. The van der Waals surface area contributed by atoms with Crippen molar-refractivity contribution in [3.8, 4) is 11.5 Å². The summed E-state index contributed by atoms with van der Waals surface area (Å²) < 4.78 is 38.0. The highest BCUT2D eigenvalue weighted by Crippen LogP contribution is 2.45. The molecule has 1 fully saturated rings. The lowest BCUT2D eigenvalue weighted by atomic mass is 9.76. The molecule has 1 aliphatic rings. The number of hydrogen-bond donors (Lipinski definition) is 1. The summed E-state index contributed by atoms with van der Waals surface area (Å²) in [5, 5.41) is 0. The summed E-state index contributed by atoms with van der Waals surface area (Å²) in [7, 11) is 2.69. The molecule has 0 unspecified atom stereocenters. The van der Waals surface area contributed by atoms with Crippen molar-refractivity contribution < 1.29 is 18.3 Å². The van der Waals surface area contributed by atoms with Crippen LogP contribution in [0.2, 0.25) is 0 Å². The number of nitrogens with two attached hydrogens (primary N) is 1. The van der Waals surface area contributed by atoms with Gasteiger partial charge < -0.3 is 15.2 Å². The van der Waals surface area contributed by atoms with Crippen LogP contribution < -0.4 is 15.2 Å². The van der Waals surface area contributed by atoms with Gasteiger partial charge in [-0.3, -0.25) is 0 Å². The highest BCUT2D eigenvalue weighted by atomic mass is 19.1. The Morgan fingerprint density at radius 1 is 1.00 bits per heavy atom. The van der Waals surface area contributed by atoms with Crippen molar-refractivity contribution in [3.63, 3.8) is 0 Å². The highest BCUT2D eigenvalue weighted by molar-refractivity contribution is 5.51. The molecule has 0 radical (unpaired) electrons. The van der Waals surface area contributed by atoms with E-state index < -0.39 is 17.2 Å². The van der Waals surface area contributed by atoms with Crippen LogP contribution in [0.5, 0.6) is 11.5 Å². The van der Waals surface area contributed by atoms with Crippen LogP contribution in [0.3, 0.4) is 0 Å². The summed E-state index contributed by atoms with van der Waals surface area (Å²) in [6.45, 7) is 0. The van der Waals surface area contributed by atoms with E-state index in [4.69, 9.17) is 15.2 Å². The van der Waals surface area contributed by atoms with E-state index in [1.54, 1.807) is 0 Å². The normalized spacial score (nSPS) is 18.2. The van der Waals surface area contributed by atoms with Gasteiger partial charge in [0, 0.05) is 11.6 Å². The molecular weight excluding hydrogens is 252 g/mol. The first-order valence-corrected chi connectivity index (χ1v) is 6.43. The molecule has 0 heterocycles. The van der Waals surface area contributed by atoms with Gasteiger partial charge in [0.05, 0.1) is 19.8 Å². The number of halogens is 2. The first kappa shape index (κ1) is 14.1. The Morgan fingerprint density at radius 2 is 1.58 bits per heavy atom.